The van der Waals surface area contributed by atoms with Crippen molar-refractivity contribution in [3.63, 3.8) is 0 Å². The third-order valence-corrected chi connectivity index (χ3v) is 4.38. The van der Waals surface area contributed by atoms with Crippen LogP contribution in [0.3, 0.4) is 0 Å². The molecule has 7 heteroatoms. The minimum Gasteiger partial charge on any atom is -0.481 e. The molecule has 1 aromatic heterocycles. The summed E-state index contributed by atoms with van der Waals surface area (Å²) in [6.07, 6.45) is 3.82. The molecule has 0 radical (unpaired) electrons. The monoisotopic (exact) mass is 315 g/mol. The van der Waals surface area contributed by atoms with Gasteiger partial charge < -0.3 is 10.4 Å². The molecular formula is C16H17N3O4. The average Bonchev–Trinajstić information content (AvgIpc) is 2.55. The molecule has 1 aliphatic rings. The molecule has 1 fully saturated rings. The number of carboxylic acid groups (broad SMARTS) is 1. The van der Waals surface area contributed by atoms with Crippen LogP contribution in [0.5, 0.6) is 0 Å². The van der Waals surface area contributed by atoms with Crippen LogP contribution in [0.4, 0.5) is 11.4 Å². The third-order valence-electron chi connectivity index (χ3n) is 4.38. The minimum atomic E-state index is -0.760. The van der Waals surface area contributed by atoms with E-state index in [1.807, 2.05) is 18.2 Å². The highest BCUT2D eigenvalue weighted by Crippen LogP contribution is 2.34. The highest BCUT2D eigenvalue weighted by molar-refractivity contribution is 5.95. The van der Waals surface area contributed by atoms with E-state index in [0.717, 1.165) is 0 Å². The summed E-state index contributed by atoms with van der Waals surface area (Å²) in [4.78, 5) is 26.0. The molecule has 7 nitrogen and oxygen atoms in total. The van der Waals surface area contributed by atoms with Crippen LogP contribution in [-0.4, -0.2) is 27.0 Å². The summed E-state index contributed by atoms with van der Waals surface area (Å²) in [6.45, 7) is 0. The molecule has 0 aliphatic heterocycles. The third kappa shape index (κ3) is 3.08. The van der Waals surface area contributed by atoms with E-state index in [2.05, 4.69) is 10.3 Å². The lowest BCUT2D eigenvalue weighted by atomic mass is 9.86. The molecule has 0 bridgehead atoms. The maximum Gasteiger partial charge on any atom is 0.311 e. The Labute approximate surface area is 132 Å². The van der Waals surface area contributed by atoms with E-state index in [9.17, 15) is 14.9 Å². The van der Waals surface area contributed by atoms with Gasteiger partial charge in [0, 0.05) is 11.4 Å². The molecule has 0 unspecified atom stereocenters. The van der Waals surface area contributed by atoms with Crippen molar-refractivity contribution >= 4 is 28.2 Å². The quantitative estimate of drug-likeness (QED) is 0.663. The largest absolute Gasteiger partial charge is 0.481 e. The van der Waals surface area contributed by atoms with Crippen LogP contribution in [-0.2, 0) is 4.79 Å². The highest BCUT2D eigenvalue weighted by Gasteiger charge is 2.28. The first-order valence-corrected chi connectivity index (χ1v) is 7.57. The molecule has 1 saturated carbocycles. The Morgan fingerprint density at radius 3 is 2.61 bits per heavy atom. The standard InChI is InChI=1S/C16H17N3O4/c20-16(21)10-5-7-11(8-6-10)18-15-12-3-1-2-4-13(12)17-9-14(15)19(22)23/h1-4,9-11H,5-8H2,(H,17,18)(H,20,21). The Bertz CT molecular complexity index is 754. The van der Waals surface area contributed by atoms with Crippen molar-refractivity contribution in [2.45, 2.75) is 31.7 Å². The number of anilines is 1. The maximum atomic E-state index is 11.3. The maximum absolute atomic E-state index is 11.3. The van der Waals surface area contributed by atoms with Gasteiger partial charge in [0.15, 0.2) is 0 Å². The van der Waals surface area contributed by atoms with Crippen LogP contribution in [0.15, 0.2) is 30.5 Å². The topological polar surface area (TPSA) is 105 Å². The number of carboxylic acids is 1. The molecule has 0 saturated heterocycles. The van der Waals surface area contributed by atoms with Gasteiger partial charge in [-0.25, -0.2) is 4.98 Å². The second kappa shape index (κ2) is 6.20. The van der Waals surface area contributed by atoms with Crippen molar-refractivity contribution < 1.29 is 14.8 Å². The number of rotatable bonds is 4. The van der Waals surface area contributed by atoms with Gasteiger partial charge in [-0.05, 0) is 31.7 Å². The predicted molar refractivity (Wildman–Crippen MR) is 85.4 cm³/mol. The first kappa shape index (κ1) is 15.2. The van der Waals surface area contributed by atoms with Crippen LogP contribution in [0.25, 0.3) is 10.9 Å². The summed E-state index contributed by atoms with van der Waals surface area (Å²) in [5, 5.41) is 24.3. The van der Waals surface area contributed by atoms with Gasteiger partial charge in [0.05, 0.1) is 16.4 Å². The Balaban J connectivity index is 1.88. The summed E-state index contributed by atoms with van der Waals surface area (Å²) < 4.78 is 0. The fraction of sp³-hybridized carbons (Fsp3) is 0.375. The second-order valence-electron chi connectivity index (χ2n) is 5.82. The second-order valence-corrected chi connectivity index (χ2v) is 5.82. The molecule has 1 aliphatic carbocycles. The molecule has 0 amide bonds. The number of pyridine rings is 1. The predicted octanol–water partition coefficient (Wildman–Crippen LogP) is 3.20. The van der Waals surface area contributed by atoms with Gasteiger partial charge in [-0.3, -0.25) is 14.9 Å². The fourth-order valence-corrected chi connectivity index (χ4v) is 3.11. The van der Waals surface area contributed by atoms with Gasteiger partial charge in [0.2, 0.25) is 0 Å². The summed E-state index contributed by atoms with van der Waals surface area (Å²) in [5.41, 5.74) is 1.11. The Hall–Kier alpha value is -2.70. The van der Waals surface area contributed by atoms with Crippen molar-refractivity contribution in [2.24, 2.45) is 5.92 Å². The lowest BCUT2D eigenvalue weighted by molar-refractivity contribution is -0.384. The number of aliphatic carboxylic acids is 1. The molecule has 23 heavy (non-hydrogen) atoms. The fourth-order valence-electron chi connectivity index (χ4n) is 3.11. The van der Waals surface area contributed by atoms with E-state index >= 15 is 0 Å². The number of fused-ring (bicyclic) bond motifs is 1. The molecular weight excluding hydrogens is 298 g/mol. The van der Waals surface area contributed by atoms with Crippen molar-refractivity contribution in [1.82, 2.24) is 4.98 Å². The molecule has 120 valence electrons. The number of para-hydroxylation sites is 1. The molecule has 0 spiro atoms. The number of hydrogen-bond donors (Lipinski definition) is 2. The number of nitro groups is 1. The van der Waals surface area contributed by atoms with Gasteiger partial charge in [0.25, 0.3) is 0 Å². The van der Waals surface area contributed by atoms with E-state index in [-0.39, 0.29) is 17.6 Å². The van der Waals surface area contributed by atoms with Crippen LogP contribution < -0.4 is 5.32 Å². The molecule has 3 rings (SSSR count). The lowest BCUT2D eigenvalue weighted by Gasteiger charge is -2.27. The zero-order valence-corrected chi connectivity index (χ0v) is 12.4. The summed E-state index contributed by atoms with van der Waals surface area (Å²) in [5.74, 6) is -1.07. The average molecular weight is 315 g/mol. The summed E-state index contributed by atoms with van der Waals surface area (Å²) >= 11 is 0. The minimum absolute atomic E-state index is 0.0371. The number of nitrogens with zero attached hydrogens (tertiary/aromatic N) is 2. The number of benzene rings is 1. The van der Waals surface area contributed by atoms with Crippen LogP contribution >= 0.6 is 0 Å². The summed E-state index contributed by atoms with van der Waals surface area (Å²) in [6, 6.07) is 7.31. The van der Waals surface area contributed by atoms with Gasteiger partial charge in [-0.15, -0.1) is 0 Å². The van der Waals surface area contributed by atoms with Crippen LogP contribution in [0, 0.1) is 16.0 Å². The zero-order chi connectivity index (χ0) is 16.4. The molecule has 2 aromatic rings. The number of hydrogen-bond acceptors (Lipinski definition) is 5. The summed E-state index contributed by atoms with van der Waals surface area (Å²) in [7, 11) is 0. The van der Waals surface area contributed by atoms with Crippen LogP contribution in [0.2, 0.25) is 0 Å². The Kier molecular flexibility index (Phi) is 4.10. The van der Waals surface area contributed by atoms with Crippen molar-refractivity contribution in [3.8, 4) is 0 Å². The van der Waals surface area contributed by atoms with E-state index in [4.69, 9.17) is 5.11 Å². The van der Waals surface area contributed by atoms with Crippen molar-refractivity contribution in [1.29, 1.82) is 0 Å². The van der Waals surface area contributed by atoms with Gasteiger partial charge in [-0.2, -0.15) is 0 Å². The van der Waals surface area contributed by atoms with Crippen molar-refractivity contribution in [2.75, 3.05) is 5.32 Å². The van der Waals surface area contributed by atoms with E-state index in [0.29, 0.717) is 42.3 Å². The Morgan fingerprint density at radius 2 is 1.96 bits per heavy atom. The lowest BCUT2D eigenvalue weighted by Crippen LogP contribution is -2.29. The van der Waals surface area contributed by atoms with Gasteiger partial charge in [-0.1, -0.05) is 18.2 Å². The molecule has 1 aromatic carbocycles. The van der Waals surface area contributed by atoms with Gasteiger partial charge >= 0.3 is 11.7 Å². The van der Waals surface area contributed by atoms with E-state index in [1.165, 1.54) is 6.20 Å². The number of carbonyl (C=O) groups is 1. The molecule has 0 atom stereocenters. The first-order valence-electron chi connectivity index (χ1n) is 7.57. The zero-order valence-electron chi connectivity index (χ0n) is 12.4. The SMILES string of the molecule is O=C(O)C1CCC(Nc2c([N+](=O)[O-])cnc3ccccc23)CC1. The normalized spacial score (nSPS) is 21.0. The van der Waals surface area contributed by atoms with Gasteiger partial charge in [0.1, 0.15) is 11.9 Å². The van der Waals surface area contributed by atoms with Crippen LogP contribution in [0.1, 0.15) is 25.7 Å². The molecule has 1 heterocycles. The smallest absolute Gasteiger partial charge is 0.311 e. The van der Waals surface area contributed by atoms with Crippen molar-refractivity contribution in [3.05, 3.63) is 40.6 Å². The van der Waals surface area contributed by atoms with E-state index < -0.39 is 10.9 Å². The number of aromatic nitrogens is 1. The Morgan fingerprint density at radius 1 is 1.26 bits per heavy atom. The molecule has 2 N–H and O–H groups in total. The number of nitrogens with one attached hydrogen (secondary N) is 1. The highest BCUT2D eigenvalue weighted by atomic mass is 16.6. The first-order chi connectivity index (χ1) is 11.1. The van der Waals surface area contributed by atoms with E-state index in [1.54, 1.807) is 6.07 Å².